The summed E-state index contributed by atoms with van der Waals surface area (Å²) in [4.78, 5) is 23.6. The molecule has 0 radical (unpaired) electrons. The van der Waals surface area contributed by atoms with E-state index in [0.717, 1.165) is 32.1 Å². The van der Waals surface area contributed by atoms with E-state index >= 15 is 0 Å². The lowest BCUT2D eigenvalue weighted by Gasteiger charge is -2.47. The van der Waals surface area contributed by atoms with Crippen LogP contribution in [0.2, 0.25) is 0 Å². The van der Waals surface area contributed by atoms with Crippen LogP contribution in [0.3, 0.4) is 0 Å². The predicted molar refractivity (Wildman–Crippen MR) is 104 cm³/mol. The van der Waals surface area contributed by atoms with Crippen molar-refractivity contribution in [2.75, 3.05) is 20.3 Å². The number of amides is 1. The van der Waals surface area contributed by atoms with Crippen molar-refractivity contribution in [3.05, 3.63) is 12.2 Å². The van der Waals surface area contributed by atoms with Gasteiger partial charge in [-0.2, -0.15) is 13.2 Å². The Morgan fingerprint density at radius 3 is 2.50 bits per heavy atom. The van der Waals surface area contributed by atoms with Crippen molar-refractivity contribution in [1.29, 1.82) is 0 Å². The highest BCUT2D eigenvalue weighted by Crippen LogP contribution is 2.35. The Morgan fingerprint density at radius 2 is 1.93 bits per heavy atom. The van der Waals surface area contributed by atoms with E-state index in [1.165, 1.54) is 13.2 Å². The molecule has 0 saturated carbocycles. The maximum absolute atomic E-state index is 13.0. The molecule has 1 rings (SSSR count). The number of nitrogens with two attached hydrogens (primary N) is 1. The summed E-state index contributed by atoms with van der Waals surface area (Å²) < 4.78 is 54.7. The monoisotopic (exact) mass is 438 g/mol. The van der Waals surface area contributed by atoms with Crippen LogP contribution in [0.15, 0.2) is 12.2 Å². The molecular weight excluding hydrogens is 405 g/mol. The summed E-state index contributed by atoms with van der Waals surface area (Å²) in [6.45, 7) is 3.43. The zero-order chi connectivity index (χ0) is 22.8. The Bertz CT molecular complexity index is 585. The lowest BCUT2D eigenvalue weighted by molar-refractivity contribution is -0.282. The third-order valence-electron chi connectivity index (χ3n) is 4.98. The first-order chi connectivity index (χ1) is 14.1. The third-order valence-corrected chi connectivity index (χ3v) is 4.98. The number of unbranched alkanes of at least 4 members (excludes halogenated alkanes) is 5. The van der Waals surface area contributed by atoms with Gasteiger partial charge in [-0.15, -0.1) is 0 Å². The number of carbonyl (C=O) groups excluding carboxylic acids is 2. The molecule has 0 aromatic rings. The molecule has 10 heteroatoms. The maximum Gasteiger partial charge on any atom is 0.491 e. The Balaban J connectivity index is 3.15. The van der Waals surface area contributed by atoms with Gasteiger partial charge >= 0.3 is 12.1 Å². The highest BCUT2D eigenvalue weighted by atomic mass is 19.4. The van der Waals surface area contributed by atoms with Crippen molar-refractivity contribution in [2.24, 2.45) is 11.7 Å². The molecule has 0 spiro atoms. The van der Waals surface area contributed by atoms with Gasteiger partial charge in [-0.05, 0) is 18.9 Å². The second-order valence-electron chi connectivity index (χ2n) is 7.45. The number of nitrogens with one attached hydrogen (secondary N) is 1. The number of hydrogen-bond acceptors (Lipinski definition) is 6. The molecule has 4 atom stereocenters. The number of halogens is 3. The summed E-state index contributed by atoms with van der Waals surface area (Å²) in [7, 11) is 1.36. The Kier molecular flexibility index (Phi) is 10.8. The quantitative estimate of drug-likeness (QED) is 0.292. The minimum Gasteiger partial charge on any atom is -0.420 e. The van der Waals surface area contributed by atoms with Crippen molar-refractivity contribution >= 4 is 11.9 Å². The van der Waals surface area contributed by atoms with Crippen molar-refractivity contribution in [2.45, 2.75) is 76.5 Å². The van der Waals surface area contributed by atoms with Crippen LogP contribution in [0.5, 0.6) is 0 Å². The van der Waals surface area contributed by atoms with E-state index in [9.17, 15) is 22.8 Å². The SMILES string of the molecule is CCCCCCC/C=C/[C@@]1(OC(=O)C(F)(F)F)OC[C@H](C)[C@H](OC)[C@H]1NC(=O)CN. The molecule has 174 valence electrons. The van der Waals surface area contributed by atoms with Gasteiger partial charge in [-0.1, -0.05) is 45.6 Å². The number of esters is 1. The number of carbonyl (C=O) groups is 2. The van der Waals surface area contributed by atoms with E-state index in [1.54, 1.807) is 13.0 Å². The molecular formula is C20H33F3N2O5. The molecule has 1 aliphatic heterocycles. The van der Waals surface area contributed by atoms with Crippen LogP contribution in [0.1, 0.15) is 52.4 Å². The van der Waals surface area contributed by atoms with Crippen molar-refractivity contribution in [3.8, 4) is 0 Å². The van der Waals surface area contributed by atoms with E-state index in [1.807, 2.05) is 0 Å². The molecule has 1 heterocycles. The molecule has 1 amide bonds. The summed E-state index contributed by atoms with van der Waals surface area (Å²) >= 11 is 0. The molecule has 3 N–H and O–H groups in total. The lowest BCUT2D eigenvalue weighted by atomic mass is 9.88. The minimum absolute atomic E-state index is 0.0283. The van der Waals surface area contributed by atoms with E-state index < -0.39 is 42.5 Å². The number of ether oxygens (including phenoxy) is 3. The van der Waals surface area contributed by atoms with Gasteiger partial charge in [0.15, 0.2) is 0 Å². The zero-order valence-electron chi connectivity index (χ0n) is 17.8. The second-order valence-corrected chi connectivity index (χ2v) is 7.45. The van der Waals surface area contributed by atoms with Crippen LogP contribution in [-0.4, -0.2) is 56.2 Å². The first-order valence-electron chi connectivity index (χ1n) is 10.2. The fourth-order valence-electron chi connectivity index (χ4n) is 3.38. The zero-order valence-corrected chi connectivity index (χ0v) is 17.8. The first kappa shape index (κ1) is 26.4. The number of allylic oxidation sites excluding steroid dienone is 1. The molecule has 0 unspecified atom stereocenters. The van der Waals surface area contributed by atoms with Crippen LogP contribution in [0.25, 0.3) is 0 Å². The second kappa shape index (κ2) is 12.3. The highest BCUT2D eigenvalue weighted by Gasteiger charge is 2.55. The minimum atomic E-state index is -5.22. The van der Waals surface area contributed by atoms with Crippen molar-refractivity contribution in [3.63, 3.8) is 0 Å². The first-order valence-corrected chi connectivity index (χ1v) is 10.2. The van der Waals surface area contributed by atoms with Gasteiger partial charge in [0.25, 0.3) is 5.79 Å². The van der Waals surface area contributed by atoms with Crippen molar-refractivity contribution in [1.82, 2.24) is 5.32 Å². The van der Waals surface area contributed by atoms with Crippen molar-refractivity contribution < 1.29 is 37.0 Å². The van der Waals surface area contributed by atoms with E-state index in [4.69, 9.17) is 19.9 Å². The van der Waals surface area contributed by atoms with Crippen LogP contribution in [0.4, 0.5) is 13.2 Å². The van der Waals surface area contributed by atoms with E-state index in [0.29, 0.717) is 6.42 Å². The summed E-state index contributed by atoms with van der Waals surface area (Å²) in [6, 6.07) is -1.20. The fraction of sp³-hybridized carbons (Fsp3) is 0.800. The summed E-state index contributed by atoms with van der Waals surface area (Å²) in [6.07, 6.45) is 2.53. The lowest BCUT2D eigenvalue weighted by Crippen LogP contribution is -2.67. The summed E-state index contributed by atoms with van der Waals surface area (Å²) in [5.74, 6) is -5.49. The molecule has 1 aliphatic rings. The third kappa shape index (κ3) is 7.55. The molecule has 0 aromatic carbocycles. The number of alkyl halides is 3. The van der Waals surface area contributed by atoms with Gasteiger partial charge in [0.1, 0.15) is 6.04 Å². The van der Waals surface area contributed by atoms with Gasteiger partial charge in [-0.3, -0.25) is 4.79 Å². The average Bonchev–Trinajstić information content (AvgIpc) is 2.69. The molecule has 0 bridgehead atoms. The Labute approximate surface area is 175 Å². The maximum atomic E-state index is 13.0. The normalized spacial score (nSPS) is 27.2. The molecule has 0 aromatic heterocycles. The Hall–Kier alpha value is -1.65. The average molecular weight is 438 g/mol. The van der Waals surface area contributed by atoms with E-state index in [2.05, 4.69) is 12.2 Å². The number of hydrogen-bond donors (Lipinski definition) is 2. The molecule has 7 nitrogen and oxygen atoms in total. The van der Waals surface area contributed by atoms with Gasteiger partial charge in [0, 0.05) is 13.0 Å². The van der Waals surface area contributed by atoms with E-state index in [-0.39, 0.29) is 12.5 Å². The smallest absolute Gasteiger partial charge is 0.420 e. The molecule has 1 fully saturated rings. The molecule has 0 aliphatic carbocycles. The molecule has 1 saturated heterocycles. The van der Waals surface area contributed by atoms with Crippen LogP contribution < -0.4 is 11.1 Å². The standard InChI is InChI=1S/C20H33F3N2O5/c1-4-5-6-7-8-9-10-11-19(30-18(27)20(21,22)23)17(25-15(26)12-24)16(28-3)14(2)13-29-19/h10-11,14,16-17H,4-9,12-13,24H2,1-3H3,(H,25,26)/b11-10+/t14-,16-,17+,19-/m0/s1. The predicted octanol–water partition coefficient (Wildman–Crippen LogP) is 2.83. The summed E-state index contributed by atoms with van der Waals surface area (Å²) in [5, 5.41) is 2.51. The summed E-state index contributed by atoms with van der Waals surface area (Å²) in [5.41, 5.74) is 5.35. The van der Waals surface area contributed by atoms with Gasteiger partial charge < -0.3 is 25.3 Å². The highest BCUT2D eigenvalue weighted by molar-refractivity contribution is 5.79. The number of rotatable bonds is 11. The molecule has 30 heavy (non-hydrogen) atoms. The Morgan fingerprint density at radius 1 is 1.27 bits per heavy atom. The van der Waals surface area contributed by atoms with Crippen LogP contribution in [0, 0.1) is 5.92 Å². The fourth-order valence-corrected chi connectivity index (χ4v) is 3.38. The van der Waals surface area contributed by atoms with Crippen LogP contribution in [-0.2, 0) is 23.8 Å². The largest absolute Gasteiger partial charge is 0.491 e. The van der Waals surface area contributed by atoms with Gasteiger partial charge in [0.05, 0.1) is 19.3 Å². The number of methoxy groups -OCH3 is 1. The van der Waals surface area contributed by atoms with Crippen LogP contribution >= 0.6 is 0 Å². The van der Waals surface area contributed by atoms with Gasteiger partial charge in [0.2, 0.25) is 5.91 Å². The van der Waals surface area contributed by atoms with Gasteiger partial charge in [-0.25, -0.2) is 4.79 Å². The topological polar surface area (TPSA) is 99.9 Å².